The van der Waals surface area contributed by atoms with Crippen molar-refractivity contribution in [2.75, 3.05) is 12.0 Å². The lowest BCUT2D eigenvalue weighted by molar-refractivity contribution is -0.138. The second kappa shape index (κ2) is 4.83. The van der Waals surface area contributed by atoms with Gasteiger partial charge in [-0.05, 0) is 30.7 Å². The number of hydrogen-bond donors (Lipinski definition) is 2. The standard InChI is InChI=1S/C14H13N3O5/c1-22-9-4-2-8(3-5-9)17-10(18)6-7-14(17)11(19)15-13(21)16-12(14)20/h2-5H,6-7H2,1H3,(H2,15,16,19,20,21). The van der Waals surface area contributed by atoms with Crippen LogP contribution in [0.3, 0.4) is 0 Å². The Morgan fingerprint density at radius 1 is 1.05 bits per heavy atom. The van der Waals surface area contributed by atoms with E-state index >= 15 is 0 Å². The van der Waals surface area contributed by atoms with Crippen LogP contribution < -0.4 is 20.3 Å². The smallest absolute Gasteiger partial charge is 0.328 e. The predicted octanol–water partition coefficient (Wildman–Crippen LogP) is -0.0732. The molecule has 3 rings (SSSR count). The molecule has 0 unspecified atom stereocenters. The Bertz CT molecular complexity index is 662. The molecular weight excluding hydrogens is 290 g/mol. The SMILES string of the molecule is COc1ccc(N2C(=O)CCC23C(=O)NC(=O)NC3=O)cc1. The Labute approximate surface area is 125 Å². The second-order valence-corrected chi connectivity index (χ2v) is 5.02. The summed E-state index contributed by atoms with van der Waals surface area (Å²) in [6.45, 7) is 0. The van der Waals surface area contributed by atoms with E-state index in [-0.39, 0.29) is 18.7 Å². The van der Waals surface area contributed by atoms with E-state index in [9.17, 15) is 19.2 Å². The molecule has 2 aliphatic heterocycles. The third kappa shape index (κ3) is 1.84. The Morgan fingerprint density at radius 3 is 2.18 bits per heavy atom. The van der Waals surface area contributed by atoms with Gasteiger partial charge in [-0.15, -0.1) is 0 Å². The molecule has 0 saturated carbocycles. The van der Waals surface area contributed by atoms with Crippen molar-refractivity contribution in [3.63, 3.8) is 0 Å². The highest BCUT2D eigenvalue weighted by Gasteiger charge is 2.60. The number of methoxy groups -OCH3 is 1. The summed E-state index contributed by atoms with van der Waals surface area (Å²) in [7, 11) is 1.51. The second-order valence-electron chi connectivity index (χ2n) is 5.02. The molecular formula is C14H13N3O5. The molecule has 1 spiro atoms. The highest BCUT2D eigenvalue weighted by Crippen LogP contribution is 2.37. The molecule has 0 bridgehead atoms. The summed E-state index contributed by atoms with van der Waals surface area (Å²) in [4.78, 5) is 49.2. The molecule has 114 valence electrons. The zero-order valence-corrected chi connectivity index (χ0v) is 11.7. The number of carbonyl (C=O) groups excluding carboxylic acids is 4. The number of carbonyl (C=O) groups is 4. The topological polar surface area (TPSA) is 105 Å². The average Bonchev–Trinajstić information content (AvgIpc) is 2.84. The minimum atomic E-state index is -1.72. The van der Waals surface area contributed by atoms with Crippen molar-refractivity contribution in [2.45, 2.75) is 18.4 Å². The maximum absolute atomic E-state index is 12.3. The lowest BCUT2D eigenvalue weighted by atomic mass is 9.91. The van der Waals surface area contributed by atoms with Gasteiger partial charge < -0.3 is 4.74 Å². The molecule has 1 aromatic carbocycles. The number of ether oxygens (including phenoxy) is 1. The molecule has 0 radical (unpaired) electrons. The fourth-order valence-corrected chi connectivity index (χ4v) is 2.80. The monoisotopic (exact) mass is 303 g/mol. The van der Waals surface area contributed by atoms with Crippen molar-refractivity contribution >= 4 is 29.4 Å². The fraction of sp³-hybridized carbons (Fsp3) is 0.286. The molecule has 0 aliphatic carbocycles. The molecule has 2 saturated heterocycles. The van der Waals surface area contributed by atoms with Crippen molar-refractivity contribution in [1.29, 1.82) is 0 Å². The lowest BCUT2D eigenvalue weighted by Crippen LogP contribution is -2.72. The van der Waals surface area contributed by atoms with E-state index in [1.54, 1.807) is 24.3 Å². The maximum Gasteiger partial charge on any atom is 0.328 e. The largest absolute Gasteiger partial charge is 0.497 e. The molecule has 2 fully saturated rings. The lowest BCUT2D eigenvalue weighted by Gasteiger charge is -2.37. The summed E-state index contributed by atoms with van der Waals surface area (Å²) >= 11 is 0. The van der Waals surface area contributed by atoms with E-state index < -0.39 is 23.4 Å². The van der Waals surface area contributed by atoms with E-state index in [1.807, 2.05) is 0 Å². The Kier molecular flexibility index (Phi) is 3.09. The molecule has 0 atom stereocenters. The number of rotatable bonds is 2. The van der Waals surface area contributed by atoms with Crippen molar-refractivity contribution in [1.82, 2.24) is 10.6 Å². The highest BCUT2D eigenvalue weighted by atomic mass is 16.5. The van der Waals surface area contributed by atoms with Crippen LogP contribution in [0, 0.1) is 0 Å². The first-order valence-electron chi connectivity index (χ1n) is 6.63. The number of urea groups is 1. The summed E-state index contributed by atoms with van der Waals surface area (Å²) in [6, 6.07) is 5.54. The fourth-order valence-electron chi connectivity index (χ4n) is 2.80. The number of amides is 5. The van der Waals surface area contributed by atoms with Crippen LogP contribution in [0.2, 0.25) is 0 Å². The molecule has 5 amide bonds. The predicted molar refractivity (Wildman–Crippen MR) is 74.1 cm³/mol. The molecule has 2 N–H and O–H groups in total. The number of hydrogen-bond acceptors (Lipinski definition) is 5. The summed E-state index contributed by atoms with van der Waals surface area (Å²) < 4.78 is 5.05. The maximum atomic E-state index is 12.3. The van der Waals surface area contributed by atoms with Crippen molar-refractivity contribution in [3.8, 4) is 5.75 Å². The van der Waals surface area contributed by atoms with Gasteiger partial charge in [0.15, 0.2) is 0 Å². The van der Waals surface area contributed by atoms with Gasteiger partial charge in [0.2, 0.25) is 11.4 Å². The summed E-state index contributed by atoms with van der Waals surface area (Å²) in [6.07, 6.45) is 0.0594. The average molecular weight is 303 g/mol. The van der Waals surface area contributed by atoms with Crippen LogP contribution in [0.4, 0.5) is 10.5 Å². The van der Waals surface area contributed by atoms with E-state index in [1.165, 1.54) is 7.11 Å². The van der Waals surface area contributed by atoms with E-state index in [0.29, 0.717) is 11.4 Å². The quantitative estimate of drug-likeness (QED) is 0.744. The third-order valence-corrected chi connectivity index (χ3v) is 3.87. The first-order chi connectivity index (χ1) is 10.5. The minimum Gasteiger partial charge on any atom is -0.497 e. The summed E-state index contributed by atoms with van der Waals surface area (Å²) in [5, 5.41) is 4.11. The van der Waals surface area contributed by atoms with Gasteiger partial charge in [0.1, 0.15) is 5.75 Å². The van der Waals surface area contributed by atoms with Crippen LogP contribution in [0.5, 0.6) is 5.75 Å². The van der Waals surface area contributed by atoms with E-state index in [4.69, 9.17) is 4.74 Å². The van der Waals surface area contributed by atoms with Gasteiger partial charge >= 0.3 is 6.03 Å². The number of nitrogens with zero attached hydrogens (tertiary/aromatic N) is 1. The van der Waals surface area contributed by atoms with Crippen LogP contribution in [0.15, 0.2) is 24.3 Å². The van der Waals surface area contributed by atoms with Crippen molar-refractivity contribution < 1.29 is 23.9 Å². The van der Waals surface area contributed by atoms with Crippen molar-refractivity contribution in [2.24, 2.45) is 0 Å². The summed E-state index contributed by atoms with van der Waals surface area (Å²) in [5.74, 6) is -1.35. The van der Waals surface area contributed by atoms with Gasteiger partial charge in [0, 0.05) is 12.1 Å². The van der Waals surface area contributed by atoms with Crippen LogP contribution in [-0.2, 0) is 14.4 Å². The summed E-state index contributed by atoms with van der Waals surface area (Å²) in [5.41, 5.74) is -1.33. The van der Waals surface area contributed by atoms with Crippen LogP contribution in [0.25, 0.3) is 0 Å². The van der Waals surface area contributed by atoms with Crippen molar-refractivity contribution in [3.05, 3.63) is 24.3 Å². The van der Waals surface area contributed by atoms with E-state index in [0.717, 1.165) is 4.90 Å². The van der Waals surface area contributed by atoms with Crippen LogP contribution in [-0.4, -0.2) is 36.4 Å². The zero-order valence-electron chi connectivity index (χ0n) is 11.7. The number of anilines is 1. The van der Waals surface area contributed by atoms with Gasteiger partial charge in [0.25, 0.3) is 11.8 Å². The number of benzene rings is 1. The van der Waals surface area contributed by atoms with Gasteiger partial charge in [-0.25, -0.2) is 4.79 Å². The number of imide groups is 2. The zero-order chi connectivity index (χ0) is 15.9. The minimum absolute atomic E-state index is 0.0167. The Balaban J connectivity index is 2.06. The van der Waals surface area contributed by atoms with Crippen LogP contribution >= 0.6 is 0 Å². The molecule has 2 aliphatic rings. The number of nitrogens with one attached hydrogen (secondary N) is 2. The first-order valence-corrected chi connectivity index (χ1v) is 6.63. The van der Waals surface area contributed by atoms with E-state index in [2.05, 4.69) is 10.6 Å². The molecule has 1 aromatic rings. The van der Waals surface area contributed by atoms with Gasteiger partial charge in [-0.2, -0.15) is 0 Å². The van der Waals surface area contributed by atoms with Gasteiger partial charge in [0.05, 0.1) is 7.11 Å². The third-order valence-electron chi connectivity index (χ3n) is 3.87. The Hall–Kier alpha value is -2.90. The molecule has 8 nitrogen and oxygen atoms in total. The van der Waals surface area contributed by atoms with Gasteiger partial charge in [-0.1, -0.05) is 0 Å². The van der Waals surface area contributed by atoms with Gasteiger partial charge in [-0.3, -0.25) is 29.9 Å². The normalized spacial score (nSPS) is 20.1. The first kappa shape index (κ1) is 14.1. The molecule has 22 heavy (non-hydrogen) atoms. The van der Waals surface area contributed by atoms with Crippen LogP contribution in [0.1, 0.15) is 12.8 Å². The highest BCUT2D eigenvalue weighted by molar-refractivity contribution is 6.28. The molecule has 0 aromatic heterocycles. The Morgan fingerprint density at radius 2 is 1.64 bits per heavy atom. The molecule has 8 heteroatoms. The number of barbiturate groups is 1. The molecule has 2 heterocycles.